The molecular weight excluding hydrogens is 198 g/mol. The van der Waals surface area contributed by atoms with Gasteiger partial charge in [0, 0.05) is 12.6 Å². The van der Waals surface area contributed by atoms with Crippen LogP contribution in [0.4, 0.5) is 0 Å². The SMILES string of the molecule is CC1CC(C)C(OCC2CCCC2)C(N)C1. The van der Waals surface area contributed by atoms with Crippen molar-refractivity contribution in [3.8, 4) is 0 Å². The monoisotopic (exact) mass is 225 g/mol. The van der Waals surface area contributed by atoms with Gasteiger partial charge in [-0.2, -0.15) is 0 Å². The highest BCUT2D eigenvalue weighted by Gasteiger charge is 2.33. The zero-order valence-corrected chi connectivity index (χ0v) is 10.8. The Morgan fingerprint density at radius 1 is 1.12 bits per heavy atom. The summed E-state index contributed by atoms with van der Waals surface area (Å²) in [6.07, 6.45) is 8.27. The largest absolute Gasteiger partial charge is 0.376 e. The molecule has 2 fully saturated rings. The lowest BCUT2D eigenvalue weighted by Crippen LogP contribution is -2.46. The molecule has 0 radical (unpaired) electrons. The summed E-state index contributed by atoms with van der Waals surface area (Å²) in [5.74, 6) is 2.23. The Hall–Kier alpha value is -0.0800. The smallest absolute Gasteiger partial charge is 0.0751 e. The van der Waals surface area contributed by atoms with Gasteiger partial charge >= 0.3 is 0 Å². The van der Waals surface area contributed by atoms with Crippen molar-refractivity contribution in [2.75, 3.05) is 6.61 Å². The topological polar surface area (TPSA) is 35.2 Å². The second kappa shape index (κ2) is 5.50. The molecule has 2 rings (SSSR count). The molecule has 2 aliphatic rings. The minimum absolute atomic E-state index is 0.264. The number of rotatable bonds is 3. The van der Waals surface area contributed by atoms with E-state index in [2.05, 4.69) is 13.8 Å². The third-order valence-corrected chi connectivity index (χ3v) is 4.43. The molecule has 2 N–H and O–H groups in total. The Morgan fingerprint density at radius 2 is 1.81 bits per heavy atom. The molecule has 2 saturated carbocycles. The highest BCUT2D eigenvalue weighted by atomic mass is 16.5. The van der Waals surface area contributed by atoms with Crippen LogP contribution >= 0.6 is 0 Å². The molecule has 2 nitrogen and oxygen atoms in total. The second-order valence-corrected chi connectivity index (χ2v) is 6.17. The summed E-state index contributed by atoms with van der Waals surface area (Å²) in [6, 6.07) is 0.264. The predicted octanol–water partition coefficient (Wildman–Crippen LogP) is 2.96. The number of ether oxygens (including phenoxy) is 1. The van der Waals surface area contributed by atoms with Crippen molar-refractivity contribution in [1.29, 1.82) is 0 Å². The second-order valence-electron chi connectivity index (χ2n) is 6.17. The van der Waals surface area contributed by atoms with Gasteiger partial charge in [-0.05, 0) is 43.4 Å². The standard InChI is InChI=1S/C14H27NO/c1-10-7-11(2)14(13(15)8-10)16-9-12-5-3-4-6-12/h10-14H,3-9,15H2,1-2H3. The molecule has 0 aliphatic heterocycles. The van der Waals surface area contributed by atoms with Crippen LogP contribution in [0.1, 0.15) is 52.4 Å². The molecule has 0 bridgehead atoms. The molecule has 4 unspecified atom stereocenters. The Morgan fingerprint density at radius 3 is 2.44 bits per heavy atom. The van der Waals surface area contributed by atoms with Crippen LogP contribution in [-0.4, -0.2) is 18.8 Å². The lowest BCUT2D eigenvalue weighted by atomic mass is 9.78. The maximum atomic E-state index is 6.22. The van der Waals surface area contributed by atoms with Crippen LogP contribution in [0.3, 0.4) is 0 Å². The highest BCUT2D eigenvalue weighted by molar-refractivity contribution is 4.86. The third-order valence-electron chi connectivity index (χ3n) is 4.43. The Kier molecular flexibility index (Phi) is 4.26. The van der Waals surface area contributed by atoms with Gasteiger partial charge in [0.25, 0.3) is 0 Å². The molecule has 0 heterocycles. The maximum absolute atomic E-state index is 6.22. The van der Waals surface area contributed by atoms with E-state index in [1.807, 2.05) is 0 Å². The predicted molar refractivity (Wildman–Crippen MR) is 67.2 cm³/mol. The summed E-state index contributed by atoms with van der Waals surface area (Å²) in [4.78, 5) is 0. The van der Waals surface area contributed by atoms with Gasteiger partial charge in [0.2, 0.25) is 0 Å². The van der Waals surface area contributed by atoms with Gasteiger partial charge in [0.1, 0.15) is 0 Å². The molecular formula is C14H27NO. The van der Waals surface area contributed by atoms with E-state index < -0.39 is 0 Å². The molecule has 0 amide bonds. The number of nitrogens with two attached hydrogens (primary N) is 1. The molecule has 0 aromatic rings. The van der Waals surface area contributed by atoms with Gasteiger partial charge in [-0.25, -0.2) is 0 Å². The van der Waals surface area contributed by atoms with E-state index in [-0.39, 0.29) is 6.04 Å². The average Bonchev–Trinajstić information content (AvgIpc) is 2.68. The fourth-order valence-electron chi connectivity index (χ4n) is 3.60. The zero-order chi connectivity index (χ0) is 11.5. The summed E-state index contributed by atoms with van der Waals surface area (Å²) in [5, 5.41) is 0. The van der Waals surface area contributed by atoms with Gasteiger partial charge in [0.05, 0.1) is 6.10 Å². The first-order chi connectivity index (χ1) is 7.66. The van der Waals surface area contributed by atoms with Crippen molar-refractivity contribution < 1.29 is 4.74 Å². The Labute approximate surface area is 99.9 Å². The molecule has 2 aliphatic carbocycles. The number of hydrogen-bond acceptors (Lipinski definition) is 2. The number of hydrogen-bond donors (Lipinski definition) is 1. The van der Waals surface area contributed by atoms with Crippen molar-refractivity contribution in [3.63, 3.8) is 0 Å². The van der Waals surface area contributed by atoms with Crippen LogP contribution in [-0.2, 0) is 4.74 Å². The molecule has 0 spiro atoms. The summed E-state index contributed by atoms with van der Waals surface area (Å²) in [5.41, 5.74) is 6.22. The quantitative estimate of drug-likeness (QED) is 0.801. The van der Waals surface area contributed by atoms with Crippen LogP contribution in [0.15, 0.2) is 0 Å². The molecule has 94 valence electrons. The van der Waals surface area contributed by atoms with Gasteiger partial charge in [0.15, 0.2) is 0 Å². The van der Waals surface area contributed by atoms with Gasteiger partial charge in [-0.3, -0.25) is 0 Å². The third kappa shape index (κ3) is 2.98. The zero-order valence-electron chi connectivity index (χ0n) is 10.8. The van der Waals surface area contributed by atoms with Gasteiger partial charge in [-0.1, -0.05) is 26.7 Å². The van der Waals surface area contributed by atoms with Crippen LogP contribution in [0.2, 0.25) is 0 Å². The summed E-state index contributed by atoms with van der Waals surface area (Å²) in [7, 11) is 0. The van der Waals surface area contributed by atoms with E-state index in [1.165, 1.54) is 32.1 Å². The molecule has 0 aromatic carbocycles. The Balaban J connectivity index is 1.78. The lowest BCUT2D eigenvalue weighted by Gasteiger charge is -2.38. The van der Waals surface area contributed by atoms with Crippen LogP contribution < -0.4 is 5.73 Å². The summed E-state index contributed by atoms with van der Waals surface area (Å²) < 4.78 is 6.11. The minimum atomic E-state index is 0.264. The van der Waals surface area contributed by atoms with E-state index in [0.29, 0.717) is 12.0 Å². The lowest BCUT2D eigenvalue weighted by molar-refractivity contribution is -0.0416. The van der Waals surface area contributed by atoms with E-state index in [1.54, 1.807) is 0 Å². The minimum Gasteiger partial charge on any atom is -0.376 e. The van der Waals surface area contributed by atoms with Crippen LogP contribution in [0.5, 0.6) is 0 Å². The fourth-order valence-corrected chi connectivity index (χ4v) is 3.60. The van der Waals surface area contributed by atoms with Gasteiger partial charge in [-0.15, -0.1) is 0 Å². The molecule has 0 saturated heterocycles. The van der Waals surface area contributed by atoms with Crippen molar-refractivity contribution in [1.82, 2.24) is 0 Å². The highest BCUT2D eigenvalue weighted by Crippen LogP contribution is 2.32. The van der Waals surface area contributed by atoms with Crippen molar-refractivity contribution in [2.24, 2.45) is 23.5 Å². The van der Waals surface area contributed by atoms with Crippen LogP contribution in [0.25, 0.3) is 0 Å². The first kappa shape index (κ1) is 12.4. The van der Waals surface area contributed by atoms with Crippen molar-refractivity contribution in [2.45, 2.75) is 64.5 Å². The van der Waals surface area contributed by atoms with E-state index in [0.717, 1.165) is 24.9 Å². The fraction of sp³-hybridized carbons (Fsp3) is 1.00. The van der Waals surface area contributed by atoms with Gasteiger partial charge < -0.3 is 10.5 Å². The molecule has 4 atom stereocenters. The van der Waals surface area contributed by atoms with Crippen molar-refractivity contribution >= 4 is 0 Å². The molecule has 16 heavy (non-hydrogen) atoms. The Bertz CT molecular complexity index is 201. The normalized spacial score (nSPS) is 41.4. The van der Waals surface area contributed by atoms with E-state index in [4.69, 9.17) is 10.5 Å². The first-order valence-electron chi connectivity index (χ1n) is 7.04. The summed E-state index contributed by atoms with van der Waals surface area (Å²) >= 11 is 0. The molecule has 2 heteroatoms. The van der Waals surface area contributed by atoms with Crippen LogP contribution in [0, 0.1) is 17.8 Å². The molecule has 0 aromatic heterocycles. The maximum Gasteiger partial charge on any atom is 0.0751 e. The summed E-state index contributed by atoms with van der Waals surface area (Å²) in [6.45, 7) is 5.56. The van der Waals surface area contributed by atoms with Crippen molar-refractivity contribution in [3.05, 3.63) is 0 Å². The average molecular weight is 225 g/mol. The van der Waals surface area contributed by atoms with E-state index >= 15 is 0 Å². The first-order valence-corrected chi connectivity index (χ1v) is 7.04. The van der Waals surface area contributed by atoms with E-state index in [9.17, 15) is 0 Å².